The molecule has 1 N–H and O–H groups in total. The second-order valence-electron chi connectivity index (χ2n) is 5.55. The minimum Gasteiger partial charge on any atom is -0.376 e. The van der Waals surface area contributed by atoms with Crippen LogP contribution in [0.3, 0.4) is 0 Å². The van der Waals surface area contributed by atoms with Crippen LogP contribution in [0.2, 0.25) is 0 Å². The van der Waals surface area contributed by atoms with Gasteiger partial charge in [-0.3, -0.25) is 14.9 Å². The largest absolute Gasteiger partial charge is 0.376 e. The molecule has 23 heavy (non-hydrogen) atoms. The van der Waals surface area contributed by atoms with Crippen LogP contribution < -0.4 is 5.32 Å². The zero-order chi connectivity index (χ0) is 16.4. The number of carbonyl (C=O) groups excluding carboxylic acids is 1. The van der Waals surface area contributed by atoms with Crippen LogP contribution in [0, 0.1) is 17.0 Å². The zero-order valence-electron chi connectivity index (χ0n) is 12.7. The second-order valence-corrected chi connectivity index (χ2v) is 6.55. The Bertz CT molecular complexity index is 757. The number of aryl methyl sites for hydroxylation is 1. The average molecular weight is 331 g/mol. The first-order valence-corrected chi connectivity index (χ1v) is 8.24. The Balaban J connectivity index is 1.59. The fraction of sp³-hybridized carbons (Fsp3) is 0.312. The third-order valence-electron chi connectivity index (χ3n) is 4.00. The number of anilines is 1. The van der Waals surface area contributed by atoms with E-state index in [-0.39, 0.29) is 18.1 Å². The van der Waals surface area contributed by atoms with E-state index in [1.54, 1.807) is 30.4 Å². The molecule has 120 valence electrons. The van der Waals surface area contributed by atoms with Crippen molar-refractivity contribution >= 4 is 28.6 Å². The van der Waals surface area contributed by atoms with Crippen LogP contribution in [0.15, 0.2) is 29.6 Å². The summed E-state index contributed by atoms with van der Waals surface area (Å²) in [5.74, 6) is 0.0397. The predicted octanol–water partition coefficient (Wildman–Crippen LogP) is 2.96. The summed E-state index contributed by atoms with van der Waals surface area (Å²) in [5.41, 5.74) is 2.62. The highest BCUT2D eigenvalue weighted by Gasteiger charge is 2.21. The van der Waals surface area contributed by atoms with E-state index in [4.69, 9.17) is 0 Å². The number of benzene rings is 1. The quantitative estimate of drug-likeness (QED) is 0.690. The monoisotopic (exact) mass is 331 g/mol. The van der Waals surface area contributed by atoms with E-state index < -0.39 is 4.92 Å². The van der Waals surface area contributed by atoms with E-state index in [0.717, 1.165) is 18.7 Å². The van der Waals surface area contributed by atoms with Crippen LogP contribution in [-0.2, 0) is 17.8 Å². The number of nitrogens with one attached hydrogen (secondary N) is 1. The summed E-state index contributed by atoms with van der Waals surface area (Å²) in [7, 11) is 0. The molecule has 1 aliphatic rings. The molecule has 0 saturated carbocycles. The van der Waals surface area contributed by atoms with Crippen LogP contribution in [0.25, 0.3) is 0 Å². The smallest absolute Gasteiger partial charge is 0.272 e. The molecule has 1 amide bonds. The predicted molar refractivity (Wildman–Crippen MR) is 89.8 cm³/mol. The highest BCUT2D eigenvalue weighted by atomic mass is 32.1. The molecule has 1 aliphatic heterocycles. The van der Waals surface area contributed by atoms with Crippen molar-refractivity contribution in [3.05, 3.63) is 55.8 Å². The molecule has 1 aromatic heterocycles. The fourth-order valence-electron chi connectivity index (χ4n) is 2.72. The lowest BCUT2D eigenvalue weighted by Gasteiger charge is -2.27. The maximum Gasteiger partial charge on any atom is 0.272 e. The van der Waals surface area contributed by atoms with E-state index in [1.165, 1.54) is 16.5 Å². The fourth-order valence-corrected chi connectivity index (χ4v) is 3.61. The van der Waals surface area contributed by atoms with Crippen LogP contribution in [0.1, 0.15) is 16.0 Å². The maximum atomic E-state index is 12.3. The van der Waals surface area contributed by atoms with Crippen LogP contribution in [0.5, 0.6) is 0 Å². The zero-order valence-corrected chi connectivity index (χ0v) is 13.6. The highest BCUT2D eigenvalue weighted by molar-refractivity contribution is 7.10. The molecule has 1 aromatic carbocycles. The molecule has 0 unspecified atom stereocenters. The summed E-state index contributed by atoms with van der Waals surface area (Å²) in [6, 6.07) is 6.86. The number of nitrogens with zero attached hydrogens (tertiary/aromatic N) is 2. The Morgan fingerprint density at radius 2 is 2.26 bits per heavy atom. The van der Waals surface area contributed by atoms with Gasteiger partial charge in [-0.1, -0.05) is 0 Å². The third kappa shape index (κ3) is 3.34. The molecule has 0 radical (unpaired) electrons. The number of thiophene rings is 1. The van der Waals surface area contributed by atoms with Gasteiger partial charge in [0.1, 0.15) is 0 Å². The third-order valence-corrected chi connectivity index (χ3v) is 5.02. The van der Waals surface area contributed by atoms with Gasteiger partial charge >= 0.3 is 0 Å². The number of hydrogen-bond donors (Lipinski definition) is 1. The molecule has 0 atom stereocenters. The Morgan fingerprint density at radius 3 is 3.00 bits per heavy atom. The lowest BCUT2D eigenvalue weighted by atomic mass is 10.1. The van der Waals surface area contributed by atoms with Crippen molar-refractivity contribution in [1.82, 2.24) is 4.90 Å². The Hall–Kier alpha value is -2.41. The summed E-state index contributed by atoms with van der Waals surface area (Å²) >= 11 is 1.75. The van der Waals surface area contributed by atoms with Crippen molar-refractivity contribution in [2.45, 2.75) is 19.9 Å². The van der Waals surface area contributed by atoms with Crippen LogP contribution in [-0.4, -0.2) is 28.8 Å². The highest BCUT2D eigenvalue weighted by Crippen LogP contribution is 2.24. The second kappa shape index (κ2) is 6.37. The Morgan fingerprint density at radius 1 is 1.43 bits per heavy atom. The molecule has 7 heteroatoms. The van der Waals surface area contributed by atoms with Gasteiger partial charge in [-0.25, -0.2) is 0 Å². The van der Waals surface area contributed by atoms with Gasteiger partial charge < -0.3 is 10.2 Å². The first-order chi connectivity index (χ1) is 11.0. The van der Waals surface area contributed by atoms with Gasteiger partial charge in [-0.05, 0) is 42.5 Å². The summed E-state index contributed by atoms with van der Waals surface area (Å²) in [5, 5.41) is 15.9. The van der Waals surface area contributed by atoms with E-state index in [2.05, 4.69) is 16.8 Å². The topological polar surface area (TPSA) is 75.5 Å². The average Bonchev–Trinajstić information content (AvgIpc) is 2.99. The van der Waals surface area contributed by atoms with E-state index in [0.29, 0.717) is 12.1 Å². The number of fused-ring (bicyclic) bond motifs is 1. The summed E-state index contributed by atoms with van der Waals surface area (Å²) in [6.45, 7) is 3.29. The van der Waals surface area contributed by atoms with Gasteiger partial charge in [0.15, 0.2) is 0 Å². The SMILES string of the molecule is Cc1cc(NCC(=O)N2CCc3sccc3C2)ccc1[N+](=O)[O-]. The molecule has 0 bridgehead atoms. The number of carbonyl (C=O) groups is 1. The van der Waals surface area contributed by atoms with Crippen molar-refractivity contribution in [1.29, 1.82) is 0 Å². The normalized spacial score (nSPS) is 13.5. The van der Waals surface area contributed by atoms with Crippen molar-refractivity contribution in [3.63, 3.8) is 0 Å². The number of amides is 1. The number of rotatable bonds is 4. The molecule has 3 rings (SSSR count). The van der Waals surface area contributed by atoms with E-state index >= 15 is 0 Å². The minimum absolute atomic E-state index is 0.0397. The molecule has 6 nitrogen and oxygen atoms in total. The van der Waals surface area contributed by atoms with Crippen molar-refractivity contribution in [3.8, 4) is 0 Å². The Labute approximate surface area is 137 Å². The van der Waals surface area contributed by atoms with Crippen LogP contribution >= 0.6 is 11.3 Å². The summed E-state index contributed by atoms with van der Waals surface area (Å²) < 4.78 is 0. The van der Waals surface area contributed by atoms with Gasteiger partial charge in [-0.2, -0.15) is 0 Å². The molecule has 0 fully saturated rings. The molecule has 0 spiro atoms. The molecule has 0 saturated heterocycles. The van der Waals surface area contributed by atoms with Gasteiger partial charge in [0.2, 0.25) is 5.91 Å². The van der Waals surface area contributed by atoms with Gasteiger partial charge in [0, 0.05) is 35.3 Å². The number of nitro benzene ring substituents is 1. The van der Waals surface area contributed by atoms with Gasteiger partial charge in [-0.15, -0.1) is 11.3 Å². The molecular formula is C16H17N3O3S. The first-order valence-electron chi connectivity index (χ1n) is 7.36. The molecule has 0 aliphatic carbocycles. The van der Waals surface area contributed by atoms with Gasteiger partial charge in [0.25, 0.3) is 5.69 Å². The van der Waals surface area contributed by atoms with Crippen molar-refractivity contribution in [2.75, 3.05) is 18.4 Å². The maximum absolute atomic E-state index is 12.3. The molecule has 2 heterocycles. The molecular weight excluding hydrogens is 314 g/mol. The van der Waals surface area contributed by atoms with Crippen LogP contribution in [0.4, 0.5) is 11.4 Å². The lowest BCUT2D eigenvalue weighted by Crippen LogP contribution is -2.38. The van der Waals surface area contributed by atoms with E-state index in [1.807, 2.05) is 4.90 Å². The van der Waals surface area contributed by atoms with Gasteiger partial charge in [0.05, 0.1) is 11.5 Å². The number of hydrogen-bond acceptors (Lipinski definition) is 5. The van der Waals surface area contributed by atoms with Crippen molar-refractivity contribution < 1.29 is 9.72 Å². The molecule has 2 aromatic rings. The summed E-state index contributed by atoms with van der Waals surface area (Å²) in [4.78, 5) is 25.9. The van der Waals surface area contributed by atoms with E-state index in [9.17, 15) is 14.9 Å². The number of nitro groups is 1. The Kier molecular flexibility index (Phi) is 4.29. The first kappa shape index (κ1) is 15.5. The van der Waals surface area contributed by atoms with Crippen molar-refractivity contribution in [2.24, 2.45) is 0 Å². The standard InChI is InChI=1S/C16H17N3O3S/c1-11-8-13(2-3-14(11)19(21)22)17-9-16(20)18-6-4-15-12(10-18)5-7-23-15/h2-3,5,7-8,17H,4,6,9-10H2,1H3. The summed E-state index contributed by atoms with van der Waals surface area (Å²) in [6.07, 6.45) is 0.912. The lowest BCUT2D eigenvalue weighted by molar-refractivity contribution is -0.385. The minimum atomic E-state index is -0.406.